The Hall–Kier alpha value is -2.60. The number of hydrogen-bond donors (Lipinski definition) is 0. The Labute approximate surface area is 195 Å². The minimum absolute atomic E-state index is 0.102. The zero-order valence-corrected chi connectivity index (χ0v) is 19.4. The highest BCUT2D eigenvalue weighted by molar-refractivity contribution is 7.89. The molecule has 1 aromatic carbocycles. The summed E-state index contributed by atoms with van der Waals surface area (Å²) in [6, 6.07) is 9.76. The highest BCUT2D eigenvalue weighted by atomic mass is 32.2. The molecule has 0 saturated carbocycles. The number of sulfonamides is 1. The van der Waals surface area contributed by atoms with E-state index in [0.29, 0.717) is 68.6 Å². The molecule has 2 aromatic heterocycles. The number of morpholine rings is 1. The standard InChI is InChI=1S/C22H23FN4O4S2/c23-18-2-1-3-19-17(18)14-20(32-19)22(28)26-8-6-25(7-9-26)21-5-4-16(15-24-21)33(29,30)27-10-12-31-13-11-27/h1-5,14-15H,6-13H2. The fourth-order valence-corrected chi connectivity index (χ4v) is 6.47. The van der Waals surface area contributed by atoms with Gasteiger partial charge in [0.2, 0.25) is 10.0 Å². The van der Waals surface area contributed by atoms with Crippen molar-refractivity contribution in [1.82, 2.24) is 14.2 Å². The third-order valence-corrected chi connectivity index (χ3v) is 8.91. The molecule has 0 bridgehead atoms. The fourth-order valence-electron chi connectivity index (χ4n) is 4.07. The van der Waals surface area contributed by atoms with E-state index < -0.39 is 10.0 Å². The van der Waals surface area contributed by atoms with Crippen LogP contribution in [0.4, 0.5) is 10.2 Å². The van der Waals surface area contributed by atoms with Gasteiger partial charge in [0.05, 0.1) is 18.1 Å². The van der Waals surface area contributed by atoms with Crippen LogP contribution in [0.25, 0.3) is 10.1 Å². The molecule has 5 rings (SSSR count). The maximum absolute atomic E-state index is 14.0. The van der Waals surface area contributed by atoms with Crippen LogP contribution in [0, 0.1) is 5.82 Å². The lowest BCUT2D eigenvalue weighted by molar-refractivity contribution is 0.0730. The van der Waals surface area contributed by atoms with Crippen LogP contribution in [0.3, 0.4) is 0 Å². The molecule has 2 aliphatic rings. The molecule has 0 aliphatic carbocycles. The van der Waals surface area contributed by atoms with Gasteiger partial charge in [-0.1, -0.05) is 6.07 Å². The second-order valence-electron chi connectivity index (χ2n) is 7.91. The van der Waals surface area contributed by atoms with Crippen molar-refractivity contribution in [3.63, 3.8) is 0 Å². The first-order chi connectivity index (χ1) is 15.9. The van der Waals surface area contributed by atoms with E-state index in [1.165, 1.54) is 27.9 Å². The molecule has 3 aromatic rings. The second-order valence-corrected chi connectivity index (χ2v) is 10.9. The highest BCUT2D eigenvalue weighted by Gasteiger charge is 2.28. The maximum atomic E-state index is 14.0. The van der Waals surface area contributed by atoms with Crippen LogP contribution in [0.15, 0.2) is 47.5 Å². The number of carbonyl (C=O) groups is 1. The van der Waals surface area contributed by atoms with Gasteiger partial charge in [-0.15, -0.1) is 11.3 Å². The Morgan fingerprint density at radius 1 is 1.03 bits per heavy atom. The summed E-state index contributed by atoms with van der Waals surface area (Å²) < 4.78 is 46.9. The van der Waals surface area contributed by atoms with Gasteiger partial charge < -0.3 is 14.5 Å². The van der Waals surface area contributed by atoms with Crippen molar-refractivity contribution >= 4 is 43.2 Å². The first kappa shape index (κ1) is 22.2. The van der Waals surface area contributed by atoms with Gasteiger partial charge in [-0.2, -0.15) is 4.31 Å². The smallest absolute Gasteiger partial charge is 0.264 e. The van der Waals surface area contributed by atoms with E-state index in [1.54, 1.807) is 29.2 Å². The monoisotopic (exact) mass is 490 g/mol. The van der Waals surface area contributed by atoms with Crippen LogP contribution in [0.5, 0.6) is 0 Å². The first-order valence-corrected chi connectivity index (χ1v) is 13.0. The summed E-state index contributed by atoms with van der Waals surface area (Å²) >= 11 is 1.30. The number of piperazine rings is 1. The van der Waals surface area contributed by atoms with Gasteiger partial charge in [-0.3, -0.25) is 4.79 Å². The van der Waals surface area contributed by atoms with E-state index in [1.807, 2.05) is 11.0 Å². The molecular weight excluding hydrogens is 467 g/mol. The lowest BCUT2D eigenvalue weighted by Crippen LogP contribution is -2.48. The van der Waals surface area contributed by atoms with Crippen molar-refractivity contribution in [2.75, 3.05) is 57.4 Å². The van der Waals surface area contributed by atoms with Crippen molar-refractivity contribution in [2.24, 2.45) is 0 Å². The maximum Gasteiger partial charge on any atom is 0.264 e. The number of anilines is 1. The number of benzene rings is 1. The minimum atomic E-state index is -3.58. The number of ether oxygens (including phenoxy) is 1. The Kier molecular flexibility index (Phi) is 6.04. The van der Waals surface area contributed by atoms with Crippen molar-refractivity contribution < 1.29 is 22.3 Å². The van der Waals surface area contributed by atoms with Gasteiger partial charge in [0, 0.05) is 55.6 Å². The van der Waals surface area contributed by atoms with Gasteiger partial charge in [0.15, 0.2) is 0 Å². The van der Waals surface area contributed by atoms with E-state index in [-0.39, 0.29) is 16.6 Å². The SMILES string of the molecule is O=C(c1cc2c(F)cccc2s1)N1CCN(c2ccc(S(=O)(=O)N3CCOCC3)cn2)CC1. The van der Waals surface area contributed by atoms with Gasteiger partial charge in [0.1, 0.15) is 16.5 Å². The lowest BCUT2D eigenvalue weighted by atomic mass is 10.2. The number of thiophene rings is 1. The van der Waals surface area contributed by atoms with E-state index in [2.05, 4.69) is 4.98 Å². The van der Waals surface area contributed by atoms with E-state index >= 15 is 0 Å². The molecule has 0 N–H and O–H groups in total. The first-order valence-electron chi connectivity index (χ1n) is 10.7. The number of amides is 1. The predicted molar refractivity (Wildman–Crippen MR) is 124 cm³/mol. The Balaban J connectivity index is 1.23. The third kappa shape index (κ3) is 4.33. The summed E-state index contributed by atoms with van der Waals surface area (Å²) in [6.07, 6.45) is 1.39. The number of rotatable bonds is 4. The van der Waals surface area contributed by atoms with Gasteiger partial charge in [-0.25, -0.2) is 17.8 Å². The zero-order chi connectivity index (χ0) is 23.0. The molecule has 1 amide bonds. The lowest BCUT2D eigenvalue weighted by Gasteiger charge is -2.35. The summed E-state index contributed by atoms with van der Waals surface area (Å²) in [7, 11) is -3.58. The molecule has 11 heteroatoms. The molecule has 0 spiro atoms. The molecule has 0 radical (unpaired) electrons. The van der Waals surface area contributed by atoms with Crippen LogP contribution in [-0.4, -0.2) is 81.0 Å². The number of fused-ring (bicyclic) bond motifs is 1. The second kappa shape index (κ2) is 8.98. The number of halogens is 1. The van der Waals surface area contributed by atoms with Gasteiger partial charge >= 0.3 is 0 Å². The molecule has 8 nitrogen and oxygen atoms in total. The van der Waals surface area contributed by atoms with Gasteiger partial charge in [-0.05, 0) is 30.3 Å². The van der Waals surface area contributed by atoms with Gasteiger partial charge in [0.25, 0.3) is 5.91 Å². The van der Waals surface area contributed by atoms with E-state index in [9.17, 15) is 17.6 Å². The Morgan fingerprint density at radius 2 is 1.79 bits per heavy atom. The highest BCUT2D eigenvalue weighted by Crippen LogP contribution is 2.29. The molecule has 33 heavy (non-hydrogen) atoms. The summed E-state index contributed by atoms with van der Waals surface area (Å²) in [5.41, 5.74) is 0. The largest absolute Gasteiger partial charge is 0.379 e. The topological polar surface area (TPSA) is 83.1 Å². The molecule has 2 fully saturated rings. The minimum Gasteiger partial charge on any atom is -0.379 e. The van der Waals surface area contributed by atoms with Crippen LogP contribution in [0.1, 0.15) is 9.67 Å². The molecule has 0 unspecified atom stereocenters. The molecule has 0 atom stereocenters. The summed E-state index contributed by atoms with van der Waals surface area (Å²) in [5, 5.41) is 0.473. The number of hydrogen-bond acceptors (Lipinski definition) is 7. The molecule has 2 aliphatic heterocycles. The van der Waals surface area contributed by atoms with Crippen LogP contribution < -0.4 is 4.90 Å². The predicted octanol–water partition coefficient (Wildman–Crippen LogP) is 2.42. The summed E-state index contributed by atoms with van der Waals surface area (Å²) in [4.78, 5) is 21.8. The fraction of sp³-hybridized carbons (Fsp3) is 0.364. The number of nitrogens with zero attached hydrogens (tertiary/aromatic N) is 4. The van der Waals surface area contributed by atoms with Crippen molar-refractivity contribution in [3.05, 3.63) is 53.3 Å². The zero-order valence-electron chi connectivity index (χ0n) is 17.8. The summed E-state index contributed by atoms with van der Waals surface area (Å²) in [5.74, 6) is 0.250. The number of pyridine rings is 1. The quantitative estimate of drug-likeness (QED) is 0.559. The van der Waals surface area contributed by atoms with E-state index in [4.69, 9.17) is 4.74 Å². The third-order valence-electron chi connectivity index (χ3n) is 5.94. The Morgan fingerprint density at radius 3 is 2.45 bits per heavy atom. The van der Waals surface area contributed by atoms with Crippen molar-refractivity contribution in [2.45, 2.75) is 4.90 Å². The molecular formula is C22H23FN4O4S2. The Bertz CT molecular complexity index is 1270. The average Bonchev–Trinajstić information content (AvgIpc) is 3.30. The average molecular weight is 491 g/mol. The van der Waals surface area contributed by atoms with Crippen LogP contribution >= 0.6 is 11.3 Å². The van der Waals surface area contributed by atoms with Crippen molar-refractivity contribution in [1.29, 1.82) is 0 Å². The number of carbonyl (C=O) groups excluding carboxylic acids is 1. The van der Waals surface area contributed by atoms with Crippen LogP contribution in [0.2, 0.25) is 0 Å². The van der Waals surface area contributed by atoms with Crippen molar-refractivity contribution in [3.8, 4) is 0 Å². The van der Waals surface area contributed by atoms with E-state index in [0.717, 1.165) is 4.70 Å². The molecule has 4 heterocycles. The normalized spacial score (nSPS) is 18.1. The summed E-state index contributed by atoms with van der Waals surface area (Å²) in [6.45, 7) is 3.63. The number of aromatic nitrogens is 1. The van der Waals surface area contributed by atoms with Crippen LogP contribution in [-0.2, 0) is 14.8 Å². The molecule has 2 saturated heterocycles. The molecule has 174 valence electrons.